The van der Waals surface area contributed by atoms with E-state index < -0.39 is 0 Å². The number of thiophene rings is 1. The van der Waals surface area contributed by atoms with Crippen LogP contribution in [0.5, 0.6) is 0 Å². The number of aryl methyl sites for hydroxylation is 1. The third kappa shape index (κ3) is 3.21. The Morgan fingerprint density at radius 3 is 2.33 bits per heavy atom. The first-order valence-electron chi connectivity index (χ1n) is 5.79. The van der Waals surface area contributed by atoms with E-state index in [1.54, 1.807) is 0 Å². The van der Waals surface area contributed by atoms with E-state index in [-0.39, 0.29) is 5.38 Å². The summed E-state index contributed by atoms with van der Waals surface area (Å²) in [5.41, 5.74) is 3.27. The molecule has 1 heterocycles. The minimum absolute atomic E-state index is 0.239. The third-order valence-electron chi connectivity index (χ3n) is 2.77. The average Bonchev–Trinajstić information content (AvgIpc) is 2.69. The summed E-state index contributed by atoms with van der Waals surface area (Å²) < 4.78 is 1.33. The standard InChI is InChI=1S/C14H13Cl3S/c1-2-3-9-4-6-10(7-5-9)13(16)11-8-12(15)18-14(11)17/h4-8,13H,2-3H2,1H3. The Balaban J connectivity index is 2.23. The van der Waals surface area contributed by atoms with Crippen LogP contribution in [-0.4, -0.2) is 0 Å². The van der Waals surface area contributed by atoms with Crippen LogP contribution in [0, 0.1) is 0 Å². The van der Waals surface area contributed by atoms with Gasteiger partial charge in [0.2, 0.25) is 0 Å². The highest BCUT2D eigenvalue weighted by Gasteiger charge is 2.17. The van der Waals surface area contributed by atoms with Crippen LogP contribution in [-0.2, 0) is 6.42 Å². The van der Waals surface area contributed by atoms with Crippen LogP contribution in [0.4, 0.5) is 0 Å². The molecule has 18 heavy (non-hydrogen) atoms. The molecule has 0 aliphatic heterocycles. The molecule has 2 aromatic rings. The Bertz CT molecular complexity index is 516. The predicted octanol–water partition coefficient (Wildman–Crippen LogP) is 6.34. The quantitative estimate of drug-likeness (QED) is 0.577. The van der Waals surface area contributed by atoms with E-state index in [1.807, 2.05) is 6.07 Å². The Labute approximate surface area is 126 Å². The van der Waals surface area contributed by atoms with E-state index in [2.05, 4.69) is 31.2 Å². The first kappa shape index (κ1) is 14.2. The van der Waals surface area contributed by atoms with Crippen molar-refractivity contribution < 1.29 is 0 Å². The van der Waals surface area contributed by atoms with Crippen LogP contribution in [0.3, 0.4) is 0 Å². The zero-order valence-electron chi connectivity index (χ0n) is 9.92. The largest absolute Gasteiger partial charge is 0.113 e. The minimum atomic E-state index is -0.239. The zero-order valence-corrected chi connectivity index (χ0v) is 13.0. The monoisotopic (exact) mass is 318 g/mol. The summed E-state index contributed by atoms with van der Waals surface area (Å²) in [5.74, 6) is 0. The molecule has 2 rings (SSSR count). The molecular weight excluding hydrogens is 307 g/mol. The van der Waals surface area contributed by atoms with Gasteiger partial charge in [-0.3, -0.25) is 0 Å². The summed E-state index contributed by atoms with van der Waals surface area (Å²) in [6.07, 6.45) is 2.24. The topological polar surface area (TPSA) is 0 Å². The van der Waals surface area contributed by atoms with Crippen molar-refractivity contribution in [2.75, 3.05) is 0 Å². The summed E-state index contributed by atoms with van der Waals surface area (Å²) in [7, 11) is 0. The van der Waals surface area contributed by atoms with E-state index >= 15 is 0 Å². The number of benzene rings is 1. The summed E-state index contributed by atoms with van der Waals surface area (Å²) in [6.45, 7) is 2.17. The first-order valence-corrected chi connectivity index (χ1v) is 7.80. The molecule has 0 aliphatic carbocycles. The van der Waals surface area contributed by atoms with Crippen molar-refractivity contribution in [1.29, 1.82) is 0 Å². The fourth-order valence-corrected chi connectivity index (χ4v) is 3.82. The second-order valence-electron chi connectivity index (χ2n) is 4.13. The van der Waals surface area contributed by atoms with E-state index in [0.29, 0.717) is 8.67 Å². The van der Waals surface area contributed by atoms with E-state index in [4.69, 9.17) is 34.8 Å². The lowest BCUT2D eigenvalue weighted by molar-refractivity contribution is 0.920. The molecule has 96 valence electrons. The number of hydrogen-bond acceptors (Lipinski definition) is 1. The van der Waals surface area contributed by atoms with Gasteiger partial charge in [0, 0.05) is 5.56 Å². The summed E-state index contributed by atoms with van der Waals surface area (Å²) in [5, 5.41) is -0.239. The number of halogens is 3. The molecule has 0 spiro atoms. The maximum Gasteiger partial charge on any atom is 0.0994 e. The summed E-state index contributed by atoms with van der Waals surface area (Å²) in [4.78, 5) is 0. The van der Waals surface area contributed by atoms with Crippen molar-refractivity contribution in [3.05, 3.63) is 55.7 Å². The van der Waals surface area contributed by atoms with Crippen molar-refractivity contribution >= 4 is 46.1 Å². The Kier molecular flexibility index (Phi) is 4.97. The second kappa shape index (κ2) is 6.29. The van der Waals surface area contributed by atoms with Gasteiger partial charge in [-0.15, -0.1) is 22.9 Å². The molecule has 4 heteroatoms. The van der Waals surface area contributed by atoms with Gasteiger partial charge >= 0.3 is 0 Å². The third-order valence-corrected chi connectivity index (χ3v) is 4.77. The highest BCUT2D eigenvalue weighted by Crippen LogP contribution is 2.40. The SMILES string of the molecule is CCCc1ccc(C(Cl)c2cc(Cl)sc2Cl)cc1. The van der Waals surface area contributed by atoms with Crippen molar-refractivity contribution in [1.82, 2.24) is 0 Å². The normalized spacial score (nSPS) is 12.7. The molecule has 1 atom stereocenters. The van der Waals surface area contributed by atoms with Crippen molar-refractivity contribution in [2.45, 2.75) is 25.1 Å². The number of rotatable bonds is 4. The highest BCUT2D eigenvalue weighted by molar-refractivity contribution is 7.20. The highest BCUT2D eigenvalue weighted by atomic mass is 35.5. The van der Waals surface area contributed by atoms with Crippen LogP contribution < -0.4 is 0 Å². The summed E-state index contributed by atoms with van der Waals surface area (Å²) >= 11 is 19.9. The molecule has 0 aliphatic rings. The maximum atomic E-state index is 6.44. The molecule has 0 N–H and O–H groups in total. The van der Waals surface area contributed by atoms with Gasteiger partial charge in [-0.2, -0.15) is 0 Å². The molecule has 0 fully saturated rings. The van der Waals surface area contributed by atoms with Gasteiger partial charge in [0.05, 0.1) is 14.0 Å². The van der Waals surface area contributed by atoms with Gasteiger partial charge in [0.15, 0.2) is 0 Å². The lowest BCUT2D eigenvalue weighted by atomic mass is 10.0. The first-order chi connectivity index (χ1) is 8.61. The number of alkyl halides is 1. The molecule has 0 bridgehead atoms. The van der Waals surface area contributed by atoms with E-state index in [9.17, 15) is 0 Å². The fraction of sp³-hybridized carbons (Fsp3) is 0.286. The van der Waals surface area contributed by atoms with Crippen LogP contribution in [0.2, 0.25) is 8.67 Å². The molecule has 0 nitrogen and oxygen atoms in total. The lowest BCUT2D eigenvalue weighted by Gasteiger charge is -2.09. The van der Waals surface area contributed by atoms with E-state index in [0.717, 1.165) is 24.0 Å². The molecule has 1 aromatic carbocycles. The van der Waals surface area contributed by atoms with Crippen molar-refractivity contribution in [3.8, 4) is 0 Å². The molecule has 1 unspecified atom stereocenters. The maximum absolute atomic E-state index is 6.44. The smallest absolute Gasteiger partial charge is 0.0994 e. The van der Waals surface area contributed by atoms with Crippen LogP contribution in [0.15, 0.2) is 30.3 Å². The Morgan fingerprint density at radius 2 is 1.83 bits per heavy atom. The molecular formula is C14H13Cl3S. The fourth-order valence-electron chi connectivity index (χ4n) is 1.85. The van der Waals surface area contributed by atoms with Crippen LogP contribution in [0.1, 0.15) is 35.4 Å². The van der Waals surface area contributed by atoms with Gasteiger partial charge in [0.1, 0.15) is 0 Å². The number of hydrogen-bond donors (Lipinski definition) is 0. The Morgan fingerprint density at radius 1 is 1.17 bits per heavy atom. The van der Waals surface area contributed by atoms with Crippen molar-refractivity contribution in [2.24, 2.45) is 0 Å². The van der Waals surface area contributed by atoms with Gasteiger partial charge in [-0.1, -0.05) is 60.8 Å². The van der Waals surface area contributed by atoms with Crippen LogP contribution in [0.25, 0.3) is 0 Å². The van der Waals surface area contributed by atoms with Gasteiger partial charge < -0.3 is 0 Å². The predicted molar refractivity (Wildman–Crippen MR) is 82.5 cm³/mol. The molecule has 0 radical (unpaired) electrons. The summed E-state index contributed by atoms with van der Waals surface area (Å²) in [6, 6.07) is 10.2. The zero-order chi connectivity index (χ0) is 13.1. The van der Waals surface area contributed by atoms with E-state index in [1.165, 1.54) is 16.9 Å². The lowest BCUT2D eigenvalue weighted by Crippen LogP contribution is -1.93. The second-order valence-corrected chi connectivity index (χ2v) is 6.86. The van der Waals surface area contributed by atoms with Gasteiger partial charge in [-0.05, 0) is 23.6 Å². The molecule has 0 saturated heterocycles. The van der Waals surface area contributed by atoms with Crippen LogP contribution >= 0.6 is 46.1 Å². The molecule has 1 aromatic heterocycles. The molecule has 0 amide bonds. The van der Waals surface area contributed by atoms with Gasteiger partial charge in [0.25, 0.3) is 0 Å². The Hall–Kier alpha value is -0.210. The minimum Gasteiger partial charge on any atom is -0.113 e. The molecule has 0 saturated carbocycles. The van der Waals surface area contributed by atoms with Gasteiger partial charge in [-0.25, -0.2) is 0 Å². The average molecular weight is 320 g/mol. The van der Waals surface area contributed by atoms with Crippen molar-refractivity contribution in [3.63, 3.8) is 0 Å².